The fraction of sp³-hybridized carbons (Fsp3) is 0.571. The Morgan fingerprint density at radius 2 is 2.12 bits per heavy atom. The molecule has 2 rings (SSSR count). The summed E-state index contributed by atoms with van der Waals surface area (Å²) >= 11 is 9.62. The summed E-state index contributed by atoms with van der Waals surface area (Å²) < 4.78 is 1.09. The van der Waals surface area contributed by atoms with Crippen LogP contribution in [0.5, 0.6) is 0 Å². The van der Waals surface area contributed by atoms with Gasteiger partial charge in [-0.3, -0.25) is 0 Å². The lowest BCUT2D eigenvalue weighted by Gasteiger charge is -2.39. The number of halogens is 2. The lowest BCUT2D eigenvalue weighted by molar-refractivity contribution is 0.217. The second-order valence-electron chi connectivity index (χ2n) is 5.56. The zero-order valence-corrected chi connectivity index (χ0v) is 12.7. The van der Waals surface area contributed by atoms with E-state index >= 15 is 0 Å². The molecule has 1 unspecified atom stereocenters. The minimum atomic E-state index is 0.361. The first-order valence-electron chi connectivity index (χ1n) is 6.21. The third-order valence-corrected chi connectivity index (χ3v) is 4.69. The van der Waals surface area contributed by atoms with Crippen molar-refractivity contribution < 1.29 is 0 Å². The van der Waals surface area contributed by atoms with Crippen LogP contribution in [0.2, 0.25) is 5.02 Å². The molecule has 1 saturated carbocycles. The zero-order chi connectivity index (χ0) is 12.5. The van der Waals surface area contributed by atoms with E-state index in [1.165, 1.54) is 25.7 Å². The molecule has 1 aromatic carbocycles. The van der Waals surface area contributed by atoms with Gasteiger partial charge in [0.25, 0.3) is 0 Å². The third-order valence-electron chi connectivity index (χ3n) is 3.77. The molecule has 1 atom stereocenters. The number of hydrogen-bond acceptors (Lipinski definition) is 1. The van der Waals surface area contributed by atoms with Gasteiger partial charge in [0.1, 0.15) is 0 Å². The molecule has 1 aromatic rings. The Labute approximate surface area is 117 Å². The monoisotopic (exact) mass is 315 g/mol. The minimum absolute atomic E-state index is 0.361. The molecule has 0 saturated heterocycles. The van der Waals surface area contributed by atoms with Crippen molar-refractivity contribution in [1.82, 2.24) is 0 Å². The van der Waals surface area contributed by atoms with Crippen molar-refractivity contribution >= 4 is 33.2 Å². The Morgan fingerprint density at radius 3 is 2.82 bits per heavy atom. The van der Waals surface area contributed by atoms with Crippen molar-refractivity contribution in [3.63, 3.8) is 0 Å². The van der Waals surface area contributed by atoms with Gasteiger partial charge in [0.05, 0.1) is 5.69 Å². The van der Waals surface area contributed by atoms with Gasteiger partial charge in [-0.2, -0.15) is 0 Å². The van der Waals surface area contributed by atoms with E-state index in [9.17, 15) is 0 Å². The largest absolute Gasteiger partial charge is 0.381 e. The van der Waals surface area contributed by atoms with Crippen molar-refractivity contribution in [2.24, 2.45) is 5.41 Å². The van der Waals surface area contributed by atoms with Crippen LogP contribution < -0.4 is 5.32 Å². The van der Waals surface area contributed by atoms with E-state index < -0.39 is 0 Å². The van der Waals surface area contributed by atoms with Gasteiger partial charge >= 0.3 is 0 Å². The van der Waals surface area contributed by atoms with Crippen LogP contribution in [0.3, 0.4) is 0 Å². The molecule has 1 nitrogen and oxygen atoms in total. The van der Waals surface area contributed by atoms with E-state index in [-0.39, 0.29) is 0 Å². The molecule has 94 valence electrons. The molecular weight excluding hydrogens is 298 g/mol. The maximum absolute atomic E-state index is 6.04. The Kier molecular flexibility index (Phi) is 4.04. The highest BCUT2D eigenvalue weighted by molar-refractivity contribution is 9.10. The predicted molar refractivity (Wildman–Crippen MR) is 78.8 cm³/mol. The summed E-state index contributed by atoms with van der Waals surface area (Å²) in [6.07, 6.45) is 5.20. The molecule has 1 aliphatic rings. The first kappa shape index (κ1) is 13.2. The highest BCUT2D eigenvalue weighted by atomic mass is 79.9. The molecule has 1 fully saturated rings. The van der Waals surface area contributed by atoms with Crippen molar-refractivity contribution in [1.29, 1.82) is 0 Å². The summed E-state index contributed by atoms with van der Waals surface area (Å²) in [5, 5.41) is 4.43. The molecule has 1 N–H and O–H groups in total. The van der Waals surface area contributed by atoms with Crippen LogP contribution >= 0.6 is 27.5 Å². The molecular formula is C14H19BrClN. The van der Waals surface area contributed by atoms with Crippen LogP contribution in [0.1, 0.15) is 39.5 Å². The summed E-state index contributed by atoms with van der Waals surface area (Å²) in [5.41, 5.74) is 1.47. The molecule has 0 amide bonds. The van der Waals surface area contributed by atoms with Crippen molar-refractivity contribution in [3.05, 3.63) is 27.7 Å². The Balaban J connectivity index is 2.16. The van der Waals surface area contributed by atoms with Crippen LogP contribution in [-0.2, 0) is 0 Å². The quantitative estimate of drug-likeness (QED) is 0.761. The number of benzene rings is 1. The first-order valence-corrected chi connectivity index (χ1v) is 7.38. The fourth-order valence-electron chi connectivity index (χ4n) is 2.56. The normalized spacial score (nSPS) is 23.4. The van der Waals surface area contributed by atoms with Gasteiger partial charge in [-0.1, -0.05) is 38.3 Å². The smallest absolute Gasteiger partial charge is 0.0501 e. The zero-order valence-electron chi connectivity index (χ0n) is 10.4. The van der Waals surface area contributed by atoms with Crippen LogP contribution in [0.4, 0.5) is 5.69 Å². The highest BCUT2D eigenvalue weighted by Gasteiger charge is 2.32. The minimum Gasteiger partial charge on any atom is -0.381 e. The highest BCUT2D eigenvalue weighted by Crippen LogP contribution is 2.38. The summed E-state index contributed by atoms with van der Waals surface area (Å²) in [6, 6.07) is 6.44. The molecule has 0 heterocycles. The predicted octanol–water partition coefficient (Wildman–Crippen LogP) is 5.48. The maximum Gasteiger partial charge on any atom is 0.0501 e. The van der Waals surface area contributed by atoms with Gasteiger partial charge in [0, 0.05) is 15.5 Å². The third kappa shape index (κ3) is 3.17. The van der Waals surface area contributed by atoms with Gasteiger partial charge in [-0.25, -0.2) is 0 Å². The summed E-state index contributed by atoms with van der Waals surface area (Å²) in [4.78, 5) is 0. The van der Waals surface area contributed by atoms with E-state index in [4.69, 9.17) is 11.6 Å². The van der Waals surface area contributed by atoms with E-state index in [1.54, 1.807) is 0 Å². The number of nitrogens with one attached hydrogen (secondary N) is 1. The number of hydrogen-bond donors (Lipinski definition) is 1. The SMILES string of the molecule is CC1(C)CCCCC1Nc1cc(Cl)ccc1Br. The lowest BCUT2D eigenvalue weighted by atomic mass is 9.73. The fourth-order valence-corrected chi connectivity index (χ4v) is 3.09. The average Bonchev–Trinajstić information content (AvgIpc) is 2.26. The molecule has 0 spiro atoms. The molecule has 0 radical (unpaired) electrons. The molecule has 1 aliphatic carbocycles. The van der Waals surface area contributed by atoms with E-state index in [1.807, 2.05) is 18.2 Å². The molecule has 0 aliphatic heterocycles. The van der Waals surface area contributed by atoms with Crippen LogP contribution in [0.15, 0.2) is 22.7 Å². The molecule has 17 heavy (non-hydrogen) atoms. The van der Waals surface area contributed by atoms with Crippen molar-refractivity contribution in [2.45, 2.75) is 45.6 Å². The van der Waals surface area contributed by atoms with Gasteiger partial charge in [0.15, 0.2) is 0 Å². The van der Waals surface area contributed by atoms with Crippen LogP contribution in [0, 0.1) is 5.41 Å². The molecule has 3 heteroatoms. The Hall–Kier alpha value is -0.210. The van der Waals surface area contributed by atoms with E-state index in [0.29, 0.717) is 11.5 Å². The van der Waals surface area contributed by atoms with Crippen LogP contribution in [0.25, 0.3) is 0 Å². The van der Waals surface area contributed by atoms with Gasteiger partial charge in [0.2, 0.25) is 0 Å². The van der Waals surface area contributed by atoms with E-state index in [2.05, 4.69) is 35.1 Å². The second kappa shape index (κ2) is 5.19. The summed E-state index contributed by atoms with van der Waals surface area (Å²) in [6.45, 7) is 4.70. The Morgan fingerprint density at radius 1 is 1.35 bits per heavy atom. The summed E-state index contributed by atoms with van der Waals surface area (Å²) in [7, 11) is 0. The standard InChI is InChI=1S/C14H19BrClN/c1-14(2)8-4-3-5-13(14)17-12-9-10(16)6-7-11(12)15/h6-7,9,13,17H,3-5,8H2,1-2H3. The van der Waals surface area contributed by atoms with Crippen LogP contribution in [-0.4, -0.2) is 6.04 Å². The number of rotatable bonds is 2. The van der Waals surface area contributed by atoms with Gasteiger partial charge < -0.3 is 5.32 Å². The first-order chi connectivity index (χ1) is 7.99. The maximum atomic E-state index is 6.04. The Bertz CT molecular complexity index is 403. The van der Waals surface area contributed by atoms with Crippen molar-refractivity contribution in [3.8, 4) is 0 Å². The molecule has 0 bridgehead atoms. The topological polar surface area (TPSA) is 12.0 Å². The average molecular weight is 317 g/mol. The van der Waals surface area contributed by atoms with Crippen molar-refractivity contribution in [2.75, 3.05) is 5.32 Å². The molecule has 0 aromatic heterocycles. The summed E-state index contributed by atoms with van der Waals surface area (Å²) in [5.74, 6) is 0. The second-order valence-corrected chi connectivity index (χ2v) is 6.85. The van der Waals surface area contributed by atoms with Gasteiger partial charge in [-0.05, 0) is 52.4 Å². The number of anilines is 1. The van der Waals surface area contributed by atoms with Gasteiger partial charge in [-0.15, -0.1) is 0 Å². The van der Waals surface area contributed by atoms with E-state index in [0.717, 1.165) is 15.2 Å². The lowest BCUT2D eigenvalue weighted by Crippen LogP contribution is -2.38.